The predicted molar refractivity (Wildman–Crippen MR) is 84.2 cm³/mol. The molecule has 1 atom stereocenters. The Balaban J connectivity index is 0.00000361. The lowest BCUT2D eigenvalue weighted by atomic mass is 9.96. The molecule has 1 amide bonds. The Morgan fingerprint density at radius 1 is 1.40 bits per heavy atom. The van der Waals surface area contributed by atoms with E-state index in [-0.39, 0.29) is 30.2 Å². The number of halogens is 1. The first kappa shape index (κ1) is 19.5. The molecule has 1 rings (SSSR count). The molecule has 0 spiro atoms. The molecule has 1 aliphatic rings. The van der Waals surface area contributed by atoms with Crippen LogP contribution < -0.4 is 5.73 Å². The van der Waals surface area contributed by atoms with Crippen LogP contribution in [0.4, 0.5) is 0 Å². The number of hydrogen-bond acceptors (Lipinski definition) is 5. The molecular weight excluding hydrogens is 300 g/mol. The average Bonchev–Trinajstić information content (AvgIpc) is 2.44. The standard InChI is InChI=1S/C13H24N2O3S.ClH/c1-3-18-13(17)10-4-7-15(8-5-10)12(16)11(14)6-9-19-2;/h10-11H,3-9,14H2,1-2H3;1H/t11-;/m0./s1. The van der Waals surface area contributed by atoms with Gasteiger partial charge in [-0.15, -0.1) is 12.4 Å². The molecule has 0 aliphatic carbocycles. The molecule has 1 fully saturated rings. The highest BCUT2D eigenvalue weighted by molar-refractivity contribution is 7.98. The van der Waals surface area contributed by atoms with Gasteiger partial charge in [-0.25, -0.2) is 0 Å². The van der Waals surface area contributed by atoms with Gasteiger partial charge < -0.3 is 15.4 Å². The Morgan fingerprint density at radius 3 is 2.50 bits per heavy atom. The van der Waals surface area contributed by atoms with Crippen LogP contribution in [0.15, 0.2) is 0 Å². The quantitative estimate of drug-likeness (QED) is 0.745. The number of piperidine rings is 1. The molecule has 5 nitrogen and oxygen atoms in total. The Kier molecular flexibility index (Phi) is 10.1. The highest BCUT2D eigenvalue weighted by Crippen LogP contribution is 2.19. The number of rotatable bonds is 6. The van der Waals surface area contributed by atoms with E-state index in [1.165, 1.54) is 0 Å². The molecule has 118 valence electrons. The fraction of sp³-hybridized carbons (Fsp3) is 0.846. The second-order valence-corrected chi connectivity index (χ2v) is 5.73. The lowest BCUT2D eigenvalue weighted by Gasteiger charge is -2.32. The average molecular weight is 325 g/mol. The molecule has 0 saturated carbocycles. The first-order chi connectivity index (χ1) is 9.10. The number of esters is 1. The summed E-state index contributed by atoms with van der Waals surface area (Å²) in [4.78, 5) is 25.5. The molecule has 7 heteroatoms. The number of thioether (sulfide) groups is 1. The minimum absolute atomic E-state index is 0. The summed E-state index contributed by atoms with van der Waals surface area (Å²) in [6.45, 7) is 3.43. The maximum Gasteiger partial charge on any atom is 0.309 e. The van der Waals surface area contributed by atoms with E-state index in [0.29, 0.717) is 39.0 Å². The van der Waals surface area contributed by atoms with Gasteiger partial charge in [0.1, 0.15) is 0 Å². The Morgan fingerprint density at radius 2 is 2.00 bits per heavy atom. The van der Waals surface area contributed by atoms with Gasteiger partial charge in [0, 0.05) is 13.1 Å². The summed E-state index contributed by atoms with van der Waals surface area (Å²) in [5.41, 5.74) is 5.88. The highest BCUT2D eigenvalue weighted by atomic mass is 35.5. The molecule has 0 aromatic heterocycles. The van der Waals surface area contributed by atoms with Crippen molar-refractivity contribution < 1.29 is 14.3 Å². The van der Waals surface area contributed by atoms with Crippen LogP contribution in [0.3, 0.4) is 0 Å². The van der Waals surface area contributed by atoms with Gasteiger partial charge in [0.2, 0.25) is 5.91 Å². The van der Waals surface area contributed by atoms with Crippen LogP contribution in [0.25, 0.3) is 0 Å². The van der Waals surface area contributed by atoms with E-state index in [4.69, 9.17) is 10.5 Å². The summed E-state index contributed by atoms with van der Waals surface area (Å²) < 4.78 is 5.01. The predicted octanol–water partition coefficient (Wildman–Crippen LogP) is 1.29. The first-order valence-corrected chi connectivity index (χ1v) is 8.19. The van der Waals surface area contributed by atoms with Crippen molar-refractivity contribution in [3.05, 3.63) is 0 Å². The number of amides is 1. The number of hydrogen-bond donors (Lipinski definition) is 1. The van der Waals surface area contributed by atoms with Crippen LogP contribution in [0.2, 0.25) is 0 Å². The monoisotopic (exact) mass is 324 g/mol. The summed E-state index contributed by atoms with van der Waals surface area (Å²) in [7, 11) is 0. The zero-order chi connectivity index (χ0) is 14.3. The van der Waals surface area contributed by atoms with Gasteiger partial charge in [-0.1, -0.05) is 0 Å². The summed E-state index contributed by atoms with van der Waals surface area (Å²) in [5.74, 6) is 0.704. The minimum atomic E-state index is -0.411. The molecule has 20 heavy (non-hydrogen) atoms. The topological polar surface area (TPSA) is 72.6 Å². The summed E-state index contributed by atoms with van der Waals surface area (Å²) in [6, 6.07) is -0.411. The third kappa shape index (κ3) is 5.89. The van der Waals surface area contributed by atoms with Crippen molar-refractivity contribution in [2.24, 2.45) is 11.7 Å². The van der Waals surface area contributed by atoms with Gasteiger partial charge in [0.15, 0.2) is 0 Å². The number of nitrogens with zero attached hydrogens (tertiary/aromatic N) is 1. The molecule has 0 aromatic rings. The molecule has 2 N–H and O–H groups in total. The Bertz CT molecular complexity index is 310. The van der Waals surface area contributed by atoms with Gasteiger partial charge in [0.05, 0.1) is 18.6 Å². The van der Waals surface area contributed by atoms with E-state index in [1.807, 2.05) is 6.26 Å². The normalized spacial score (nSPS) is 17.2. The van der Waals surface area contributed by atoms with Crippen LogP contribution in [0.1, 0.15) is 26.2 Å². The molecule has 0 bridgehead atoms. The minimum Gasteiger partial charge on any atom is -0.466 e. The second-order valence-electron chi connectivity index (χ2n) is 4.74. The highest BCUT2D eigenvalue weighted by Gasteiger charge is 2.29. The number of likely N-dealkylation sites (tertiary alicyclic amines) is 1. The smallest absolute Gasteiger partial charge is 0.309 e. The third-order valence-corrected chi connectivity index (χ3v) is 4.02. The molecule has 0 radical (unpaired) electrons. The van der Waals surface area contributed by atoms with Gasteiger partial charge in [-0.2, -0.15) is 11.8 Å². The largest absolute Gasteiger partial charge is 0.466 e. The molecule has 0 aromatic carbocycles. The van der Waals surface area contributed by atoms with E-state index in [0.717, 1.165) is 5.75 Å². The Labute approximate surface area is 131 Å². The zero-order valence-corrected chi connectivity index (χ0v) is 13.8. The Hall–Kier alpha value is -0.460. The van der Waals surface area contributed by atoms with Crippen molar-refractivity contribution >= 4 is 36.0 Å². The fourth-order valence-corrected chi connectivity index (χ4v) is 2.69. The molecule has 0 unspecified atom stereocenters. The van der Waals surface area contributed by atoms with Gasteiger partial charge in [-0.3, -0.25) is 9.59 Å². The fourth-order valence-electron chi connectivity index (χ4n) is 2.20. The lowest BCUT2D eigenvalue weighted by molar-refractivity contribution is -0.151. The van der Waals surface area contributed by atoms with E-state index in [9.17, 15) is 9.59 Å². The van der Waals surface area contributed by atoms with Crippen molar-refractivity contribution in [1.82, 2.24) is 4.90 Å². The number of ether oxygens (including phenoxy) is 1. The first-order valence-electron chi connectivity index (χ1n) is 6.80. The van der Waals surface area contributed by atoms with Crippen LogP contribution >= 0.6 is 24.2 Å². The third-order valence-electron chi connectivity index (χ3n) is 3.38. The van der Waals surface area contributed by atoms with Crippen LogP contribution in [-0.2, 0) is 14.3 Å². The van der Waals surface area contributed by atoms with Crippen LogP contribution in [0.5, 0.6) is 0 Å². The van der Waals surface area contributed by atoms with Gasteiger partial charge >= 0.3 is 5.97 Å². The molecule has 1 heterocycles. The van der Waals surface area contributed by atoms with E-state index in [2.05, 4.69) is 0 Å². The van der Waals surface area contributed by atoms with Gasteiger partial charge in [0.25, 0.3) is 0 Å². The van der Waals surface area contributed by atoms with Crippen molar-refractivity contribution in [1.29, 1.82) is 0 Å². The molecule has 1 aliphatic heterocycles. The second kappa shape index (κ2) is 10.3. The van der Waals surface area contributed by atoms with Crippen LogP contribution in [0, 0.1) is 5.92 Å². The van der Waals surface area contributed by atoms with Crippen molar-refractivity contribution in [3.63, 3.8) is 0 Å². The van der Waals surface area contributed by atoms with Crippen molar-refractivity contribution in [2.75, 3.05) is 31.7 Å². The number of nitrogens with two attached hydrogens (primary N) is 1. The maximum atomic E-state index is 12.1. The van der Waals surface area contributed by atoms with Crippen LogP contribution in [-0.4, -0.2) is 54.5 Å². The summed E-state index contributed by atoms with van der Waals surface area (Å²) in [5, 5.41) is 0. The van der Waals surface area contributed by atoms with Crippen molar-refractivity contribution in [3.8, 4) is 0 Å². The summed E-state index contributed by atoms with van der Waals surface area (Å²) >= 11 is 1.69. The zero-order valence-electron chi connectivity index (χ0n) is 12.2. The van der Waals surface area contributed by atoms with E-state index < -0.39 is 6.04 Å². The van der Waals surface area contributed by atoms with Crippen molar-refractivity contribution in [2.45, 2.75) is 32.2 Å². The SMILES string of the molecule is CCOC(=O)C1CCN(C(=O)[C@@H](N)CCSC)CC1.Cl. The number of carbonyl (C=O) groups excluding carboxylic acids is 2. The van der Waals surface area contributed by atoms with Gasteiger partial charge in [-0.05, 0) is 38.2 Å². The van der Waals surface area contributed by atoms with E-state index in [1.54, 1.807) is 23.6 Å². The van der Waals surface area contributed by atoms with E-state index >= 15 is 0 Å². The molecular formula is C13H25ClN2O3S. The lowest BCUT2D eigenvalue weighted by Crippen LogP contribution is -2.48. The maximum absolute atomic E-state index is 12.1. The molecule has 1 saturated heterocycles. The summed E-state index contributed by atoms with van der Waals surface area (Å²) in [6.07, 6.45) is 4.07. The number of carbonyl (C=O) groups is 2.